The van der Waals surface area contributed by atoms with Crippen LogP contribution < -0.4 is 4.90 Å². The molecule has 2 aromatic heterocycles. The molecule has 0 aliphatic carbocycles. The molecule has 0 bridgehead atoms. The van der Waals surface area contributed by atoms with Crippen LogP contribution in [0.5, 0.6) is 0 Å². The van der Waals surface area contributed by atoms with Gasteiger partial charge in [-0.1, -0.05) is 52.9 Å². The summed E-state index contributed by atoms with van der Waals surface area (Å²) in [5, 5.41) is 11.2. The van der Waals surface area contributed by atoms with Gasteiger partial charge in [-0.2, -0.15) is 0 Å². The normalized spacial score (nSPS) is 12.6. The zero-order chi connectivity index (χ0) is 20.4. The molecule has 2 heterocycles. The predicted octanol–water partition coefficient (Wildman–Crippen LogP) is 7.01. The summed E-state index contributed by atoms with van der Waals surface area (Å²) in [5.74, 6) is 0. The Bertz CT molecular complexity index is 854. The number of aromatic nitrogens is 2. The molecule has 0 atom stereocenters. The largest absolute Gasteiger partial charge is 0.349 e. The molecule has 0 aliphatic heterocycles. The Morgan fingerprint density at radius 2 is 1.52 bits per heavy atom. The number of azo groups is 1. The zero-order valence-electron chi connectivity index (χ0n) is 17.4. The van der Waals surface area contributed by atoms with E-state index in [0.717, 1.165) is 34.6 Å². The minimum Gasteiger partial charge on any atom is -0.349 e. The van der Waals surface area contributed by atoms with Crippen LogP contribution in [0, 0.1) is 6.57 Å². The molecule has 0 saturated heterocycles. The highest BCUT2D eigenvalue weighted by Crippen LogP contribution is 2.44. The van der Waals surface area contributed by atoms with Crippen molar-refractivity contribution < 1.29 is 0 Å². The zero-order valence-corrected chi connectivity index (χ0v) is 19.0. The van der Waals surface area contributed by atoms with Gasteiger partial charge >= 0.3 is 0 Å². The van der Waals surface area contributed by atoms with E-state index in [9.17, 15) is 0 Å². The molecule has 0 fully saturated rings. The molecule has 0 unspecified atom stereocenters. The van der Waals surface area contributed by atoms with Gasteiger partial charge in [0.15, 0.2) is 15.1 Å². The molecule has 27 heavy (non-hydrogen) atoms. The first kappa shape index (κ1) is 21.5. The molecule has 2 rings (SSSR count). The highest BCUT2D eigenvalue weighted by Gasteiger charge is 2.27. The van der Waals surface area contributed by atoms with Crippen molar-refractivity contribution in [2.75, 3.05) is 18.0 Å². The van der Waals surface area contributed by atoms with Gasteiger partial charge in [0.2, 0.25) is 5.69 Å². The highest BCUT2D eigenvalue weighted by atomic mass is 32.1. The molecule has 0 spiro atoms. The van der Waals surface area contributed by atoms with Crippen LogP contribution >= 0.6 is 22.9 Å². The molecule has 0 aliphatic rings. The van der Waals surface area contributed by atoms with E-state index in [1.807, 2.05) is 0 Å². The van der Waals surface area contributed by atoms with E-state index in [-0.39, 0.29) is 10.8 Å². The maximum absolute atomic E-state index is 7.53. The lowest BCUT2D eigenvalue weighted by atomic mass is 9.91. The molecule has 0 amide bonds. The van der Waals surface area contributed by atoms with E-state index in [4.69, 9.17) is 11.6 Å². The lowest BCUT2D eigenvalue weighted by Gasteiger charge is -2.18. The predicted molar refractivity (Wildman–Crippen MR) is 116 cm³/mol. The number of thiazole rings is 1. The summed E-state index contributed by atoms with van der Waals surface area (Å²) < 4.78 is 4.46. The van der Waals surface area contributed by atoms with Gasteiger partial charge in [-0.05, 0) is 30.8 Å². The van der Waals surface area contributed by atoms with Crippen molar-refractivity contribution in [2.24, 2.45) is 10.2 Å². The van der Waals surface area contributed by atoms with Crippen LogP contribution in [0.2, 0.25) is 0 Å². The molecule has 0 N–H and O–H groups in total. The fourth-order valence-electron chi connectivity index (χ4n) is 2.51. The quantitative estimate of drug-likeness (QED) is 0.398. The van der Waals surface area contributed by atoms with Gasteiger partial charge in [0.1, 0.15) is 0 Å². The highest BCUT2D eigenvalue weighted by molar-refractivity contribution is 7.19. The van der Waals surface area contributed by atoms with Gasteiger partial charge in [0, 0.05) is 18.5 Å². The molecule has 0 radical (unpaired) electrons. The Labute approximate surface area is 170 Å². The van der Waals surface area contributed by atoms with Gasteiger partial charge in [-0.3, -0.25) is 0 Å². The van der Waals surface area contributed by atoms with Crippen molar-refractivity contribution in [1.82, 2.24) is 9.36 Å². The fraction of sp³-hybridized carbons (Fsp3) is 0.632. The Balaban J connectivity index is 2.48. The summed E-state index contributed by atoms with van der Waals surface area (Å²) in [6, 6.07) is 0. The maximum Gasteiger partial charge on any atom is 0.248 e. The summed E-state index contributed by atoms with van der Waals surface area (Å²) >= 11 is 2.78. The summed E-state index contributed by atoms with van der Waals surface area (Å²) in [6.45, 7) is 26.1. The lowest BCUT2D eigenvalue weighted by Crippen LogP contribution is -2.22. The van der Waals surface area contributed by atoms with Crippen LogP contribution in [0.25, 0.3) is 4.85 Å². The van der Waals surface area contributed by atoms with Crippen LogP contribution in [0.15, 0.2) is 10.2 Å². The van der Waals surface area contributed by atoms with Crippen LogP contribution in [0.4, 0.5) is 20.8 Å². The molecule has 0 aromatic carbocycles. The first-order valence-electron chi connectivity index (χ1n) is 9.08. The minimum atomic E-state index is -0.193. The number of nitrogens with zero attached hydrogens (tertiary/aromatic N) is 6. The standard InChI is InChI=1S/C19H28N6S2/c1-10-25(11-2)17-21-14(19(6,7)8)16(26-17)23-22-15-12(20-9)13(24-27-15)18(3,4)5/h10-11H2,1-8H3/b23-22+. The van der Waals surface area contributed by atoms with Gasteiger partial charge in [-0.15, -0.1) is 10.2 Å². The molecular weight excluding hydrogens is 376 g/mol. The molecule has 0 saturated carbocycles. The first-order valence-corrected chi connectivity index (χ1v) is 10.7. The Morgan fingerprint density at radius 3 is 2.00 bits per heavy atom. The SMILES string of the molecule is [C-]#[N+]c1c(C(C)(C)C)nsc1/N=N/c1sc(N(CC)CC)nc1C(C)(C)C. The molecule has 2 aromatic rings. The average molecular weight is 405 g/mol. The number of hydrogen-bond donors (Lipinski definition) is 0. The van der Waals surface area contributed by atoms with Crippen molar-refractivity contribution in [3.05, 3.63) is 22.8 Å². The second-order valence-electron chi connectivity index (χ2n) is 8.32. The summed E-state index contributed by atoms with van der Waals surface area (Å²) in [4.78, 5) is 10.7. The fourth-order valence-corrected chi connectivity index (χ4v) is 4.58. The Kier molecular flexibility index (Phi) is 6.38. The smallest absolute Gasteiger partial charge is 0.248 e. The van der Waals surface area contributed by atoms with Crippen molar-refractivity contribution in [3.63, 3.8) is 0 Å². The third-order valence-corrected chi connectivity index (χ3v) is 5.77. The van der Waals surface area contributed by atoms with Crippen LogP contribution in [-0.2, 0) is 10.8 Å². The van der Waals surface area contributed by atoms with E-state index >= 15 is 0 Å². The first-order chi connectivity index (χ1) is 12.5. The van der Waals surface area contributed by atoms with Crippen molar-refractivity contribution in [3.8, 4) is 0 Å². The monoisotopic (exact) mass is 404 g/mol. The second kappa shape index (κ2) is 8.03. The molecule has 8 heteroatoms. The summed E-state index contributed by atoms with van der Waals surface area (Å²) in [6.07, 6.45) is 0. The number of anilines is 1. The van der Waals surface area contributed by atoms with Crippen LogP contribution in [0.1, 0.15) is 66.8 Å². The molecule has 146 valence electrons. The van der Waals surface area contributed by atoms with Gasteiger partial charge in [0.05, 0.1) is 18.0 Å². The lowest BCUT2D eigenvalue weighted by molar-refractivity contribution is 0.573. The second-order valence-corrected chi connectivity index (χ2v) is 10.0. The molecular formula is C19H28N6S2. The van der Waals surface area contributed by atoms with Crippen LogP contribution in [0.3, 0.4) is 0 Å². The van der Waals surface area contributed by atoms with Gasteiger partial charge in [0.25, 0.3) is 0 Å². The van der Waals surface area contributed by atoms with E-state index in [2.05, 4.69) is 79.7 Å². The Hall–Kier alpha value is -1.85. The summed E-state index contributed by atoms with van der Waals surface area (Å²) in [5.41, 5.74) is 1.88. The number of rotatable bonds is 5. The van der Waals surface area contributed by atoms with Crippen molar-refractivity contribution in [2.45, 2.75) is 66.2 Å². The third-order valence-electron chi connectivity index (χ3n) is 4.05. The molecule has 6 nitrogen and oxygen atoms in total. The maximum atomic E-state index is 7.53. The van der Waals surface area contributed by atoms with Crippen molar-refractivity contribution in [1.29, 1.82) is 0 Å². The van der Waals surface area contributed by atoms with Crippen molar-refractivity contribution >= 4 is 43.7 Å². The van der Waals surface area contributed by atoms with E-state index in [0.29, 0.717) is 10.7 Å². The van der Waals surface area contributed by atoms with Crippen LogP contribution in [-0.4, -0.2) is 22.4 Å². The Morgan fingerprint density at radius 1 is 0.963 bits per heavy atom. The number of hydrogen-bond acceptors (Lipinski definition) is 7. The van der Waals surface area contributed by atoms with E-state index < -0.39 is 0 Å². The topological polar surface area (TPSA) is 58.1 Å². The third kappa shape index (κ3) is 4.71. The van der Waals surface area contributed by atoms with E-state index in [1.165, 1.54) is 11.5 Å². The average Bonchev–Trinajstić information content (AvgIpc) is 3.17. The summed E-state index contributed by atoms with van der Waals surface area (Å²) in [7, 11) is 0. The van der Waals surface area contributed by atoms with Gasteiger partial charge < -0.3 is 4.90 Å². The minimum absolute atomic E-state index is 0.136. The van der Waals surface area contributed by atoms with Gasteiger partial charge in [-0.25, -0.2) is 14.2 Å². The van der Waals surface area contributed by atoms with E-state index in [1.54, 1.807) is 11.3 Å².